The number of aliphatic hydroxyl groups is 2. The van der Waals surface area contributed by atoms with Crippen LogP contribution in [0.4, 0.5) is 0 Å². The van der Waals surface area contributed by atoms with Gasteiger partial charge in [-0.05, 0) is 6.08 Å². The van der Waals surface area contributed by atoms with Crippen molar-refractivity contribution in [2.24, 2.45) is 0 Å². The summed E-state index contributed by atoms with van der Waals surface area (Å²) in [7, 11) is -10.2. The first-order valence-electron chi connectivity index (χ1n) is 3.73. The van der Waals surface area contributed by atoms with Crippen molar-refractivity contribution < 1.29 is 95.3 Å². The van der Waals surface area contributed by atoms with Gasteiger partial charge in [-0.2, -0.15) is 0 Å². The van der Waals surface area contributed by atoms with Crippen LogP contribution in [-0.4, -0.2) is 41.9 Å². The van der Waals surface area contributed by atoms with Gasteiger partial charge in [0, 0.05) is 6.42 Å². The predicted octanol–water partition coefficient (Wildman–Crippen LogP) is -8.06. The van der Waals surface area contributed by atoms with Crippen molar-refractivity contribution in [2.45, 2.75) is 12.2 Å². The van der Waals surface area contributed by atoms with Gasteiger partial charge >= 0.3 is 59.1 Å². The maximum absolute atomic E-state index is 10.6. The van der Waals surface area contributed by atoms with Crippen molar-refractivity contribution in [1.82, 2.24) is 0 Å². The number of rotatable bonds is 2. The van der Waals surface area contributed by atoms with Gasteiger partial charge in [-0.3, -0.25) is 0 Å². The van der Waals surface area contributed by atoms with Crippen molar-refractivity contribution in [1.29, 1.82) is 0 Å². The van der Waals surface area contributed by atoms with Crippen molar-refractivity contribution in [3.63, 3.8) is 0 Å². The van der Waals surface area contributed by atoms with Crippen LogP contribution in [-0.2, 0) is 20.2 Å². The third-order valence-corrected chi connectivity index (χ3v) is 3.66. The van der Waals surface area contributed by atoms with Crippen LogP contribution in [0.15, 0.2) is 22.0 Å². The molecule has 0 aliphatic heterocycles. The molecule has 0 unspecified atom stereocenters. The van der Waals surface area contributed by atoms with Gasteiger partial charge in [0.2, 0.25) is 5.79 Å². The summed E-state index contributed by atoms with van der Waals surface area (Å²) in [5, 5.41) is 18.2. The summed E-state index contributed by atoms with van der Waals surface area (Å²) in [5.74, 6) is -2.99. The summed E-state index contributed by atoms with van der Waals surface area (Å²) in [5.41, 5.74) is 0. The molecule has 0 amide bonds. The quantitative estimate of drug-likeness (QED) is 0.289. The van der Waals surface area contributed by atoms with E-state index in [1.165, 1.54) is 0 Å². The molecule has 0 atom stereocenters. The van der Waals surface area contributed by atoms with E-state index in [9.17, 15) is 25.9 Å². The summed E-state index contributed by atoms with van der Waals surface area (Å²) in [4.78, 5) is -2.45. The van der Waals surface area contributed by atoms with Crippen LogP contribution in [0, 0.1) is 0 Å². The number of hydrogen-bond donors (Lipinski definition) is 2. The van der Waals surface area contributed by atoms with E-state index >= 15 is 0 Å². The molecule has 0 aromatic heterocycles. The van der Waals surface area contributed by atoms with Crippen molar-refractivity contribution in [2.75, 3.05) is 0 Å². The Bertz CT molecular complexity index is 571. The zero-order chi connectivity index (χ0) is 12.8. The molecule has 8 nitrogen and oxygen atoms in total. The van der Waals surface area contributed by atoms with Gasteiger partial charge in [0.05, 0.1) is 9.81 Å². The van der Waals surface area contributed by atoms with Crippen LogP contribution in [0.3, 0.4) is 0 Å². The van der Waals surface area contributed by atoms with Crippen LogP contribution in [0.25, 0.3) is 0 Å². The van der Waals surface area contributed by atoms with E-state index in [1.807, 2.05) is 0 Å². The molecule has 1 aliphatic carbocycles. The number of hydrogen-bond acceptors (Lipinski definition) is 8. The zero-order valence-electron chi connectivity index (χ0n) is 9.52. The maximum atomic E-state index is 10.6. The first-order valence-corrected chi connectivity index (χ1v) is 6.55. The van der Waals surface area contributed by atoms with Crippen LogP contribution in [0.2, 0.25) is 0 Å². The van der Waals surface area contributed by atoms with Gasteiger partial charge in [0.25, 0.3) is 0 Å². The Kier molecular flexibility index (Phi) is 8.11. The third kappa shape index (κ3) is 5.31. The molecule has 18 heavy (non-hydrogen) atoms. The molecule has 0 bridgehead atoms. The van der Waals surface area contributed by atoms with E-state index in [2.05, 4.69) is 0 Å². The zero-order valence-corrected chi connectivity index (χ0v) is 15.2. The first kappa shape index (κ1) is 21.5. The van der Waals surface area contributed by atoms with Gasteiger partial charge in [-0.25, -0.2) is 16.8 Å². The predicted molar refractivity (Wildman–Crippen MR) is 47.3 cm³/mol. The third-order valence-electron chi connectivity index (χ3n) is 1.81. The minimum atomic E-state index is -5.26. The fourth-order valence-electron chi connectivity index (χ4n) is 1.09. The standard InChI is InChI=1S/C6H8O8S2.2Na/c7-6(8)2-1-4(15(9,10)11)3-5(6)16(12,13)14;;/h1,3,7-8H,2H2,(H,9,10,11)(H,12,13,14);;/q;2*+1/p-2. The van der Waals surface area contributed by atoms with Crippen LogP contribution >= 0.6 is 0 Å². The van der Waals surface area contributed by atoms with Crippen LogP contribution in [0.1, 0.15) is 6.42 Å². The Hall–Kier alpha value is 1.22. The molecule has 0 saturated heterocycles. The normalized spacial score (nSPS) is 18.9. The molecule has 0 heterocycles. The Balaban J connectivity index is 0. The SMILES string of the molecule is O=S(=O)([O-])C1=CCC(O)(O)C(S(=O)(=O)[O-])=C1.[Na+].[Na+]. The molecule has 0 spiro atoms. The van der Waals surface area contributed by atoms with E-state index < -0.39 is 42.3 Å². The van der Waals surface area contributed by atoms with Gasteiger partial charge in [-0.1, -0.05) is 6.08 Å². The van der Waals surface area contributed by atoms with Crippen LogP contribution < -0.4 is 59.1 Å². The van der Waals surface area contributed by atoms with Crippen molar-refractivity contribution >= 4 is 20.2 Å². The van der Waals surface area contributed by atoms with E-state index in [-0.39, 0.29) is 65.2 Å². The second-order valence-electron chi connectivity index (χ2n) is 3.04. The molecular formula is C6H6Na2O8S2. The van der Waals surface area contributed by atoms with Gasteiger partial charge < -0.3 is 19.3 Å². The summed E-state index contributed by atoms with van der Waals surface area (Å²) in [6, 6.07) is 0. The Morgan fingerprint density at radius 2 is 1.50 bits per heavy atom. The average Bonchev–Trinajstić information content (AvgIpc) is 1.98. The fraction of sp³-hybridized carbons (Fsp3) is 0.333. The van der Waals surface area contributed by atoms with Crippen LogP contribution in [0.5, 0.6) is 0 Å². The van der Waals surface area contributed by atoms with E-state index in [1.54, 1.807) is 0 Å². The molecule has 2 N–H and O–H groups in total. The van der Waals surface area contributed by atoms with Crippen molar-refractivity contribution in [3.05, 3.63) is 22.0 Å². The van der Waals surface area contributed by atoms with E-state index in [0.717, 1.165) is 0 Å². The number of allylic oxidation sites excluding steroid dienone is 1. The average molecular weight is 316 g/mol. The minimum Gasteiger partial charge on any atom is -0.744 e. The van der Waals surface area contributed by atoms with E-state index in [4.69, 9.17) is 10.2 Å². The largest absolute Gasteiger partial charge is 1.00 e. The molecule has 92 valence electrons. The molecule has 0 aromatic rings. The van der Waals surface area contributed by atoms with E-state index in [0.29, 0.717) is 6.08 Å². The Labute approximate surface area is 148 Å². The second-order valence-corrected chi connectivity index (χ2v) is 5.77. The monoisotopic (exact) mass is 316 g/mol. The topological polar surface area (TPSA) is 155 Å². The molecule has 0 fully saturated rings. The molecule has 0 radical (unpaired) electrons. The second kappa shape index (κ2) is 6.78. The smallest absolute Gasteiger partial charge is 0.744 e. The van der Waals surface area contributed by atoms with Gasteiger partial charge in [0.15, 0.2) is 0 Å². The van der Waals surface area contributed by atoms with Gasteiger partial charge in [-0.15, -0.1) is 0 Å². The fourth-order valence-corrected chi connectivity index (χ4v) is 2.47. The Morgan fingerprint density at radius 1 is 1.06 bits per heavy atom. The van der Waals surface area contributed by atoms with Gasteiger partial charge in [0.1, 0.15) is 20.2 Å². The summed E-state index contributed by atoms with van der Waals surface area (Å²) < 4.78 is 63.4. The Morgan fingerprint density at radius 3 is 1.83 bits per heavy atom. The summed E-state index contributed by atoms with van der Waals surface area (Å²) in [6.45, 7) is 0. The summed E-state index contributed by atoms with van der Waals surface area (Å²) >= 11 is 0. The summed E-state index contributed by atoms with van der Waals surface area (Å²) in [6.07, 6.45) is -0.109. The molecule has 0 saturated carbocycles. The minimum absolute atomic E-state index is 0. The molecule has 1 aliphatic rings. The molecule has 12 heteroatoms. The van der Waals surface area contributed by atoms with Crippen molar-refractivity contribution in [3.8, 4) is 0 Å². The maximum Gasteiger partial charge on any atom is 1.00 e. The molecule has 1 rings (SSSR count). The molecular weight excluding hydrogens is 310 g/mol. The molecule has 0 aromatic carbocycles. The first-order chi connectivity index (χ1) is 6.94.